The van der Waals surface area contributed by atoms with Crippen LogP contribution in [0.2, 0.25) is 0 Å². The molecule has 0 fully saturated rings. The maximum atomic E-state index is 11.9. The smallest absolute Gasteiger partial charge is 0.354 e. The summed E-state index contributed by atoms with van der Waals surface area (Å²) in [7, 11) is 0. The number of amides is 1. The van der Waals surface area contributed by atoms with E-state index in [0.29, 0.717) is 17.8 Å². The van der Waals surface area contributed by atoms with Gasteiger partial charge in [0.15, 0.2) is 0 Å². The van der Waals surface area contributed by atoms with Crippen LogP contribution >= 0.6 is 0 Å². The first-order chi connectivity index (χ1) is 9.04. The predicted molar refractivity (Wildman–Crippen MR) is 71.3 cm³/mol. The Kier molecular flexibility index (Phi) is 2.38. The van der Waals surface area contributed by atoms with E-state index < -0.39 is 5.69 Å². The molecule has 19 heavy (non-hydrogen) atoms. The number of aryl methyl sites for hydroxylation is 1. The van der Waals surface area contributed by atoms with Gasteiger partial charge >= 0.3 is 5.69 Å². The number of carbonyl (C=O) groups excluding carboxylic acids is 1. The van der Waals surface area contributed by atoms with E-state index in [0.717, 1.165) is 11.1 Å². The number of nitrogen functional groups attached to an aromatic ring is 1. The van der Waals surface area contributed by atoms with E-state index in [-0.39, 0.29) is 11.7 Å². The van der Waals surface area contributed by atoms with Gasteiger partial charge in [-0.05, 0) is 30.2 Å². The van der Waals surface area contributed by atoms with Crippen molar-refractivity contribution in [3.63, 3.8) is 0 Å². The molecule has 1 amide bonds. The zero-order valence-corrected chi connectivity index (χ0v) is 10.3. The van der Waals surface area contributed by atoms with Crippen LogP contribution in [0, 0.1) is 6.92 Å². The highest BCUT2D eigenvalue weighted by Crippen LogP contribution is 2.30. The summed E-state index contributed by atoms with van der Waals surface area (Å²) in [5.41, 5.74) is 8.18. The van der Waals surface area contributed by atoms with Gasteiger partial charge in [0.2, 0.25) is 5.91 Å². The van der Waals surface area contributed by atoms with Gasteiger partial charge in [0, 0.05) is 6.20 Å². The van der Waals surface area contributed by atoms with Gasteiger partial charge in [-0.25, -0.2) is 4.79 Å². The molecule has 3 rings (SSSR count). The number of nitrogens with one attached hydrogen (secondary N) is 1. The minimum Gasteiger partial charge on any atom is -0.383 e. The number of hydrogen-bond acceptors (Lipinski definition) is 4. The van der Waals surface area contributed by atoms with Crippen molar-refractivity contribution < 1.29 is 4.79 Å². The summed E-state index contributed by atoms with van der Waals surface area (Å²) < 4.78 is 1.38. The second-order valence-electron chi connectivity index (χ2n) is 4.55. The van der Waals surface area contributed by atoms with Crippen LogP contribution in [0.4, 0.5) is 11.5 Å². The van der Waals surface area contributed by atoms with Crippen molar-refractivity contribution in [1.82, 2.24) is 9.55 Å². The number of rotatable bonds is 1. The van der Waals surface area contributed by atoms with Crippen LogP contribution in [-0.4, -0.2) is 15.5 Å². The fourth-order valence-electron chi connectivity index (χ4n) is 2.27. The highest BCUT2D eigenvalue weighted by molar-refractivity contribution is 6.01. The Morgan fingerprint density at radius 3 is 2.89 bits per heavy atom. The molecule has 1 aromatic heterocycles. The van der Waals surface area contributed by atoms with Crippen LogP contribution < -0.4 is 16.7 Å². The normalized spacial score (nSPS) is 13.2. The molecule has 0 aliphatic carbocycles. The van der Waals surface area contributed by atoms with Crippen molar-refractivity contribution >= 4 is 17.4 Å². The molecule has 0 atom stereocenters. The third-order valence-electron chi connectivity index (χ3n) is 3.04. The number of anilines is 2. The zero-order chi connectivity index (χ0) is 13.6. The fourth-order valence-corrected chi connectivity index (χ4v) is 2.27. The predicted octanol–water partition coefficient (Wildman–Crippen LogP) is 0.618. The second kappa shape index (κ2) is 3.94. The number of nitrogens with two attached hydrogens (primary N) is 1. The Morgan fingerprint density at radius 2 is 2.16 bits per heavy atom. The van der Waals surface area contributed by atoms with Gasteiger partial charge in [-0.15, -0.1) is 0 Å². The maximum absolute atomic E-state index is 11.9. The summed E-state index contributed by atoms with van der Waals surface area (Å²) in [5.74, 6) is 0.105. The van der Waals surface area contributed by atoms with Crippen LogP contribution in [0.5, 0.6) is 0 Å². The Morgan fingerprint density at radius 1 is 1.37 bits per heavy atom. The maximum Gasteiger partial charge on any atom is 0.354 e. The summed E-state index contributed by atoms with van der Waals surface area (Å²) in [4.78, 5) is 27.1. The average Bonchev–Trinajstić information content (AvgIpc) is 2.68. The summed E-state index contributed by atoms with van der Waals surface area (Å²) in [6.45, 7) is 1.92. The average molecular weight is 256 g/mol. The standard InChI is InChI=1S/C13H12N4O2/c1-7-4-8-6-11(18)16-12(8)9(5-7)17-3-2-10(14)15-13(17)19/h2-5H,6H2,1H3,(H,16,18)(H2,14,15,19). The van der Waals surface area contributed by atoms with Crippen molar-refractivity contribution in [2.45, 2.75) is 13.3 Å². The topological polar surface area (TPSA) is 90.0 Å². The highest BCUT2D eigenvalue weighted by Gasteiger charge is 2.22. The minimum atomic E-state index is -0.464. The molecular formula is C13H12N4O2. The molecule has 2 heterocycles. The molecule has 6 heteroatoms. The molecule has 0 saturated heterocycles. The molecule has 0 saturated carbocycles. The number of carbonyl (C=O) groups is 1. The molecule has 1 aromatic carbocycles. The minimum absolute atomic E-state index is 0.0710. The van der Waals surface area contributed by atoms with E-state index in [2.05, 4.69) is 10.3 Å². The molecule has 96 valence electrons. The lowest BCUT2D eigenvalue weighted by Crippen LogP contribution is -2.22. The van der Waals surface area contributed by atoms with Gasteiger partial charge in [0.05, 0.1) is 17.8 Å². The van der Waals surface area contributed by atoms with Gasteiger partial charge < -0.3 is 11.1 Å². The lowest BCUT2D eigenvalue weighted by atomic mass is 10.1. The van der Waals surface area contributed by atoms with E-state index in [1.54, 1.807) is 12.3 Å². The van der Waals surface area contributed by atoms with E-state index in [1.807, 2.05) is 19.1 Å². The lowest BCUT2D eigenvalue weighted by molar-refractivity contribution is -0.115. The van der Waals surface area contributed by atoms with Crippen LogP contribution in [0.3, 0.4) is 0 Å². The second-order valence-corrected chi connectivity index (χ2v) is 4.55. The van der Waals surface area contributed by atoms with Crippen molar-refractivity contribution in [2.24, 2.45) is 0 Å². The monoisotopic (exact) mass is 256 g/mol. The number of benzene rings is 1. The molecule has 1 aliphatic rings. The molecule has 0 spiro atoms. The summed E-state index contributed by atoms with van der Waals surface area (Å²) in [6.07, 6.45) is 1.89. The fraction of sp³-hybridized carbons (Fsp3) is 0.154. The van der Waals surface area contributed by atoms with Crippen LogP contribution in [-0.2, 0) is 11.2 Å². The Balaban J connectivity index is 2.26. The van der Waals surface area contributed by atoms with Gasteiger partial charge in [-0.2, -0.15) is 4.98 Å². The van der Waals surface area contributed by atoms with E-state index in [9.17, 15) is 9.59 Å². The largest absolute Gasteiger partial charge is 0.383 e. The van der Waals surface area contributed by atoms with Gasteiger partial charge in [-0.1, -0.05) is 6.07 Å². The SMILES string of the molecule is Cc1cc2c(c(-n3ccc(N)nc3=O)c1)NC(=O)C2. The number of aromatic nitrogens is 2. The van der Waals surface area contributed by atoms with Crippen molar-refractivity contribution in [3.8, 4) is 5.69 Å². The van der Waals surface area contributed by atoms with Crippen LogP contribution in [0.25, 0.3) is 5.69 Å². The Labute approximate surface area is 108 Å². The molecule has 3 N–H and O–H groups in total. The lowest BCUT2D eigenvalue weighted by Gasteiger charge is -2.11. The summed E-state index contributed by atoms with van der Waals surface area (Å²) >= 11 is 0. The molecule has 6 nitrogen and oxygen atoms in total. The Bertz CT molecular complexity index is 749. The molecule has 2 aromatic rings. The first kappa shape index (κ1) is 11.5. The van der Waals surface area contributed by atoms with Gasteiger partial charge in [0.25, 0.3) is 0 Å². The number of hydrogen-bond donors (Lipinski definition) is 2. The first-order valence-corrected chi connectivity index (χ1v) is 5.83. The third-order valence-corrected chi connectivity index (χ3v) is 3.04. The summed E-state index contributed by atoms with van der Waals surface area (Å²) in [5, 5.41) is 2.78. The van der Waals surface area contributed by atoms with Crippen molar-refractivity contribution in [2.75, 3.05) is 11.1 Å². The Hall–Kier alpha value is -2.63. The van der Waals surface area contributed by atoms with Crippen LogP contribution in [0.15, 0.2) is 29.2 Å². The quantitative estimate of drug-likeness (QED) is 0.782. The molecule has 1 aliphatic heterocycles. The highest BCUT2D eigenvalue weighted by atomic mass is 16.2. The van der Waals surface area contributed by atoms with Crippen molar-refractivity contribution in [1.29, 1.82) is 0 Å². The zero-order valence-electron chi connectivity index (χ0n) is 10.3. The van der Waals surface area contributed by atoms with E-state index in [1.165, 1.54) is 4.57 Å². The third kappa shape index (κ3) is 1.87. The summed E-state index contributed by atoms with van der Waals surface area (Å²) in [6, 6.07) is 5.32. The molecule has 0 unspecified atom stereocenters. The molecular weight excluding hydrogens is 244 g/mol. The van der Waals surface area contributed by atoms with E-state index in [4.69, 9.17) is 5.73 Å². The number of fused-ring (bicyclic) bond motifs is 1. The molecule has 0 bridgehead atoms. The number of nitrogens with zero attached hydrogens (tertiary/aromatic N) is 2. The van der Waals surface area contributed by atoms with Gasteiger partial charge in [0.1, 0.15) is 5.82 Å². The van der Waals surface area contributed by atoms with Gasteiger partial charge in [-0.3, -0.25) is 9.36 Å². The van der Waals surface area contributed by atoms with E-state index >= 15 is 0 Å². The van der Waals surface area contributed by atoms with Crippen LogP contribution in [0.1, 0.15) is 11.1 Å². The van der Waals surface area contributed by atoms with Crippen molar-refractivity contribution in [3.05, 3.63) is 46.0 Å². The first-order valence-electron chi connectivity index (χ1n) is 5.83. The molecule has 0 radical (unpaired) electrons.